The molecule has 2 N–H and O–H groups in total. The van der Waals surface area contributed by atoms with Gasteiger partial charge in [0.1, 0.15) is 0 Å². The number of carbonyl (C=O) groups excluding carboxylic acids is 1. The smallest absolute Gasteiger partial charge is 0.261 e. The average molecular weight is 276 g/mol. The van der Waals surface area contributed by atoms with E-state index in [1.807, 2.05) is 26.8 Å². The molecule has 0 aliphatic carbocycles. The van der Waals surface area contributed by atoms with Gasteiger partial charge in [-0.2, -0.15) is 0 Å². The first kappa shape index (κ1) is 13.5. The third-order valence-electron chi connectivity index (χ3n) is 2.49. The van der Waals surface area contributed by atoms with Crippen LogP contribution in [0.15, 0.2) is 18.5 Å². The molecule has 0 aromatic carbocycles. The van der Waals surface area contributed by atoms with Gasteiger partial charge >= 0.3 is 0 Å². The molecule has 2 aromatic heterocycles. The molecular formula is C13H16N4OS. The summed E-state index contributed by atoms with van der Waals surface area (Å²) in [6.07, 6.45) is 3.32. The zero-order valence-electron chi connectivity index (χ0n) is 11.2. The molecule has 5 nitrogen and oxygen atoms in total. The summed E-state index contributed by atoms with van der Waals surface area (Å²) in [5, 5.41) is 6.56. The summed E-state index contributed by atoms with van der Waals surface area (Å²) >= 11 is 1.45. The highest BCUT2D eigenvalue weighted by atomic mass is 32.1. The number of aryl methyl sites for hydroxylation is 2. The molecule has 0 saturated carbocycles. The van der Waals surface area contributed by atoms with E-state index in [-0.39, 0.29) is 5.91 Å². The van der Waals surface area contributed by atoms with Crippen molar-refractivity contribution >= 4 is 28.1 Å². The Morgan fingerprint density at radius 2 is 2.11 bits per heavy atom. The van der Waals surface area contributed by atoms with Crippen molar-refractivity contribution < 1.29 is 4.79 Å². The van der Waals surface area contributed by atoms with E-state index in [0.717, 1.165) is 22.8 Å². The number of rotatable bonds is 4. The van der Waals surface area contributed by atoms with E-state index in [4.69, 9.17) is 0 Å². The summed E-state index contributed by atoms with van der Waals surface area (Å²) in [7, 11) is 0. The Labute approximate surface area is 116 Å². The van der Waals surface area contributed by atoms with Gasteiger partial charge in [0.2, 0.25) is 0 Å². The number of pyridine rings is 1. The molecular weight excluding hydrogens is 260 g/mol. The van der Waals surface area contributed by atoms with Gasteiger partial charge in [0, 0.05) is 29.5 Å². The van der Waals surface area contributed by atoms with Crippen LogP contribution in [0.4, 0.5) is 10.8 Å². The van der Waals surface area contributed by atoms with Gasteiger partial charge in [-0.1, -0.05) is 0 Å². The molecule has 0 saturated heterocycles. The highest BCUT2D eigenvalue weighted by Crippen LogP contribution is 2.20. The second-order valence-electron chi connectivity index (χ2n) is 4.13. The Morgan fingerprint density at radius 1 is 1.32 bits per heavy atom. The van der Waals surface area contributed by atoms with E-state index in [1.165, 1.54) is 11.3 Å². The van der Waals surface area contributed by atoms with Gasteiger partial charge < -0.3 is 5.32 Å². The maximum atomic E-state index is 12.2. The van der Waals surface area contributed by atoms with Crippen LogP contribution >= 0.6 is 11.3 Å². The third kappa shape index (κ3) is 3.29. The first-order chi connectivity index (χ1) is 9.10. The van der Waals surface area contributed by atoms with E-state index in [9.17, 15) is 4.79 Å². The lowest BCUT2D eigenvalue weighted by Gasteiger charge is -2.10. The van der Waals surface area contributed by atoms with Gasteiger partial charge in [0.25, 0.3) is 5.91 Å². The number of anilines is 2. The van der Waals surface area contributed by atoms with Crippen LogP contribution in [-0.2, 0) is 0 Å². The minimum Gasteiger partial charge on any atom is -0.385 e. The van der Waals surface area contributed by atoms with Crippen LogP contribution in [0.3, 0.4) is 0 Å². The Hall–Kier alpha value is -1.95. The Morgan fingerprint density at radius 3 is 2.74 bits per heavy atom. The summed E-state index contributed by atoms with van der Waals surface area (Å²) in [6.45, 7) is 6.58. The van der Waals surface area contributed by atoms with E-state index in [1.54, 1.807) is 12.4 Å². The van der Waals surface area contributed by atoms with Gasteiger partial charge in [0.05, 0.1) is 11.3 Å². The van der Waals surface area contributed by atoms with Gasteiger partial charge in [-0.05, 0) is 26.8 Å². The first-order valence-electron chi connectivity index (χ1n) is 6.04. The minimum absolute atomic E-state index is 0.196. The standard InChI is InChI=1S/C13H16N4OS/c1-4-14-11-5-8(2)15-7-10(11)12(18)17-13-16-6-9(3)19-13/h5-7H,4H2,1-3H3,(H,14,15)(H,16,17,18). The molecule has 19 heavy (non-hydrogen) atoms. The molecule has 2 aromatic rings. The number of nitrogens with one attached hydrogen (secondary N) is 2. The molecule has 100 valence electrons. The maximum absolute atomic E-state index is 12.2. The molecule has 6 heteroatoms. The van der Waals surface area contributed by atoms with Crippen LogP contribution in [0.25, 0.3) is 0 Å². The van der Waals surface area contributed by atoms with Gasteiger partial charge in [0.15, 0.2) is 5.13 Å². The molecule has 0 bridgehead atoms. The number of amides is 1. The Bertz CT molecular complexity index is 594. The fourth-order valence-corrected chi connectivity index (χ4v) is 2.31. The lowest BCUT2D eigenvalue weighted by molar-refractivity contribution is 0.102. The summed E-state index contributed by atoms with van der Waals surface area (Å²) < 4.78 is 0. The molecule has 0 radical (unpaired) electrons. The molecule has 0 aliphatic rings. The molecule has 1 amide bonds. The molecule has 0 spiro atoms. The highest BCUT2D eigenvalue weighted by molar-refractivity contribution is 7.15. The van der Waals surface area contributed by atoms with Crippen LogP contribution in [0.1, 0.15) is 27.9 Å². The van der Waals surface area contributed by atoms with Crippen molar-refractivity contribution in [3.8, 4) is 0 Å². The van der Waals surface area contributed by atoms with Crippen LogP contribution in [0, 0.1) is 13.8 Å². The number of aromatic nitrogens is 2. The monoisotopic (exact) mass is 276 g/mol. The van der Waals surface area contributed by atoms with Crippen molar-refractivity contribution in [2.75, 3.05) is 17.2 Å². The highest BCUT2D eigenvalue weighted by Gasteiger charge is 2.13. The Balaban J connectivity index is 2.23. The summed E-state index contributed by atoms with van der Waals surface area (Å²) in [4.78, 5) is 21.6. The molecule has 0 fully saturated rings. The number of hydrogen-bond donors (Lipinski definition) is 2. The number of hydrogen-bond acceptors (Lipinski definition) is 5. The molecule has 0 aliphatic heterocycles. The molecule has 2 heterocycles. The number of carbonyl (C=O) groups is 1. The van der Waals surface area contributed by atoms with Gasteiger partial charge in [-0.3, -0.25) is 15.1 Å². The van der Waals surface area contributed by atoms with E-state index < -0.39 is 0 Å². The predicted octanol–water partition coefficient (Wildman–Crippen LogP) is 2.84. The first-order valence-corrected chi connectivity index (χ1v) is 6.86. The maximum Gasteiger partial charge on any atom is 0.261 e. The van der Waals surface area contributed by atoms with Crippen molar-refractivity contribution in [3.63, 3.8) is 0 Å². The molecule has 0 atom stereocenters. The minimum atomic E-state index is -0.196. The zero-order valence-corrected chi connectivity index (χ0v) is 12.0. The van der Waals surface area contributed by atoms with Crippen LogP contribution in [-0.4, -0.2) is 22.4 Å². The zero-order chi connectivity index (χ0) is 13.8. The third-order valence-corrected chi connectivity index (χ3v) is 3.32. The molecule has 0 unspecified atom stereocenters. The second-order valence-corrected chi connectivity index (χ2v) is 5.37. The van der Waals surface area contributed by atoms with Crippen molar-refractivity contribution in [1.82, 2.24) is 9.97 Å². The fourth-order valence-electron chi connectivity index (χ4n) is 1.65. The van der Waals surface area contributed by atoms with Gasteiger partial charge in [-0.25, -0.2) is 4.98 Å². The summed E-state index contributed by atoms with van der Waals surface area (Å²) in [5.74, 6) is -0.196. The van der Waals surface area contributed by atoms with E-state index in [2.05, 4.69) is 20.6 Å². The van der Waals surface area contributed by atoms with Crippen molar-refractivity contribution in [2.24, 2.45) is 0 Å². The quantitative estimate of drug-likeness (QED) is 0.901. The molecule has 2 rings (SSSR count). The van der Waals surface area contributed by atoms with E-state index in [0.29, 0.717) is 10.7 Å². The largest absolute Gasteiger partial charge is 0.385 e. The van der Waals surface area contributed by atoms with E-state index >= 15 is 0 Å². The van der Waals surface area contributed by atoms with Gasteiger partial charge in [-0.15, -0.1) is 11.3 Å². The lowest BCUT2D eigenvalue weighted by Crippen LogP contribution is -2.15. The summed E-state index contributed by atoms with van der Waals surface area (Å²) in [5.41, 5.74) is 2.19. The SMILES string of the molecule is CCNc1cc(C)ncc1C(=O)Nc1ncc(C)s1. The predicted molar refractivity (Wildman–Crippen MR) is 77.9 cm³/mol. The second kappa shape index (κ2) is 5.79. The van der Waals surface area contributed by atoms with Crippen molar-refractivity contribution in [1.29, 1.82) is 0 Å². The van der Waals surface area contributed by atoms with Crippen molar-refractivity contribution in [2.45, 2.75) is 20.8 Å². The average Bonchev–Trinajstić information content (AvgIpc) is 2.75. The Kier molecular flexibility index (Phi) is 4.11. The summed E-state index contributed by atoms with van der Waals surface area (Å²) in [6, 6.07) is 1.87. The van der Waals surface area contributed by atoms with Crippen LogP contribution in [0.2, 0.25) is 0 Å². The number of nitrogens with zero attached hydrogens (tertiary/aromatic N) is 2. The van der Waals surface area contributed by atoms with Crippen LogP contribution in [0.5, 0.6) is 0 Å². The normalized spacial score (nSPS) is 10.3. The van der Waals surface area contributed by atoms with Crippen LogP contribution < -0.4 is 10.6 Å². The van der Waals surface area contributed by atoms with Crippen molar-refractivity contribution in [3.05, 3.63) is 34.6 Å². The number of thiazole rings is 1. The fraction of sp³-hybridized carbons (Fsp3) is 0.308. The topological polar surface area (TPSA) is 66.9 Å². The lowest BCUT2D eigenvalue weighted by atomic mass is 10.2.